The Morgan fingerprint density at radius 1 is 0.964 bits per heavy atom. The predicted molar refractivity (Wildman–Crippen MR) is 117 cm³/mol. The maximum absolute atomic E-state index is 6.46. The van der Waals surface area contributed by atoms with Crippen molar-refractivity contribution >= 4 is 35.1 Å². The quantitative estimate of drug-likeness (QED) is 0.409. The third-order valence-electron chi connectivity index (χ3n) is 4.51. The molecule has 0 unspecified atom stereocenters. The first-order valence-corrected chi connectivity index (χ1v) is 9.59. The van der Waals surface area contributed by atoms with E-state index < -0.39 is 0 Å². The molecule has 0 aliphatic heterocycles. The minimum Gasteiger partial charge on any atom is -0.493 e. The standard InChI is InChI=1S/C23H21Cl2NO2/c1-15-7-6-10-21(16(15)2)26-13-17-11-20(25)23(22(12-17)27-3)28-14-18-8-4-5-9-19(18)24/h4-13H,14H2,1-3H3. The molecule has 3 nitrogen and oxygen atoms in total. The second kappa shape index (κ2) is 9.13. The Morgan fingerprint density at radius 2 is 1.75 bits per heavy atom. The zero-order valence-corrected chi connectivity index (χ0v) is 17.5. The summed E-state index contributed by atoms with van der Waals surface area (Å²) in [6.45, 7) is 4.42. The molecule has 5 heteroatoms. The molecule has 0 radical (unpaired) electrons. The van der Waals surface area contributed by atoms with E-state index in [9.17, 15) is 0 Å². The van der Waals surface area contributed by atoms with Crippen LogP contribution in [0, 0.1) is 13.8 Å². The van der Waals surface area contributed by atoms with Crippen LogP contribution in [0.3, 0.4) is 0 Å². The minimum absolute atomic E-state index is 0.297. The predicted octanol–water partition coefficient (Wildman–Crippen LogP) is 6.95. The number of aryl methyl sites for hydroxylation is 1. The van der Waals surface area contributed by atoms with Crippen molar-refractivity contribution in [2.45, 2.75) is 20.5 Å². The van der Waals surface area contributed by atoms with Gasteiger partial charge in [-0.15, -0.1) is 0 Å². The number of halogens is 2. The van der Waals surface area contributed by atoms with E-state index in [0.29, 0.717) is 28.2 Å². The lowest BCUT2D eigenvalue weighted by atomic mass is 10.1. The molecule has 0 aromatic heterocycles. The Labute approximate surface area is 175 Å². The molecule has 144 valence electrons. The van der Waals surface area contributed by atoms with Crippen molar-refractivity contribution in [2.75, 3.05) is 7.11 Å². The van der Waals surface area contributed by atoms with Gasteiger partial charge >= 0.3 is 0 Å². The fourth-order valence-corrected chi connectivity index (χ4v) is 3.20. The van der Waals surface area contributed by atoms with Gasteiger partial charge in [0.25, 0.3) is 0 Å². The number of rotatable bonds is 6. The fraction of sp³-hybridized carbons (Fsp3) is 0.174. The van der Waals surface area contributed by atoms with Crippen molar-refractivity contribution in [3.8, 4) is 11.5 Å². The topological polar surface area (TPSA) is 30.8 Å². The van der Waals surface area contributed by atoms with E-state index in [4.69, 9.17) is 32.7 Å². The second-order valence-corrected chi connectivity index (χ2v) is 7.21. The Morgan fingerprint density at radius 3 is 2.50 bits per heavy atom. The molecule has 0 heterocycles. The minimum atomic E-state index is 0.297. The summed E-state index contributed by atoms with van der Waals surface area (Å²) in [5, 5.41) is 1.10. The molecule has 0 aliphatic rings. The monoisotopic (exact) mass is 413 g/mol. The first kappa shape index (κ1) is 20.2. The summed E-state index contributed by atoms with van der Waals surface area (Å²) in [6, 6.07) is 17.2. The van der Waals surface area contributed by atoms with Gasteiger partial charge in [0.1, 0.15) is 6.61 Å². The first-order valence-electron chi connectivity index (χ1n) is 8.83. The molecular formula is C23H21Cl2NO2. The van der Waals surface area contributed by atoms with E-state index in [1.54, 1.807) is 19.4 Å². The zero-order chi connectivity index (χ0) is 20.1. The lowest BCUT2D eigenvalue weighted by Crippen LogP contribution is -2.00. The molecule has 0 spiro atoms. The number of hydrogen-bond acceptors (Lipinski definition) is 3. The van der Waals surface area contributed by atoms with Crippen LogP contribution in [0.2, 0.25) is 10.0 Å². The van der Waals surface area contributed by atoms with Crippen molar-refractivity contribution in [3.63, 3.8) is 0 Å². The van der Waals surface area contributed by atoms with Crippen LogP contribution >= 0.6 is 23.2 Å². The molecule has 0 amide bonds. The molecule has 3 aromatic rings. The Bertz CT molecular complexity index is 1020. The van der Waals surface area contributed by atoms with E-state index in [-0.39, 0.29) is 0 Å². The largest absolute Gasteiger partial charge is 0.493 e. The van der Waals surface area contributed by atoms with Gasteiger partial charge in [-0.3, -0.25) is 4.99 Å². The Balaban J connectivity index is 1.84. The average molecular weight is 414 g/mol. The van der Waals surface area contributed by atoms with Crippen LogP contribution in [0.5, 0.6) is 11.5 Å². The van der Waals surface area contributed by atoms with E-state index >= 15 is 0 Å². The molecular weight excluding hydrogens is 393 g/mol. The molecule has 0 saturated heterocycles. The molecule has 3 rings (SSSR count). The van der Waals surface area contributed by atoms with Crippen molar-refractivity contribution in [1.82, 2.24) is 0 Å². The third-order valence-corrected chi connectivity index (χ3v) is 5.16. The highest BCUT2D eigenvalue weighted by Crippen LogP contribution is 2.37. The van der Waals surface area contributed by atoms with Gasteiger partial charge in [0, 0.05) is 16.8 Å². The lowest BCUT2D eigenvalue weighted by Gasteiger charge is -2.14. The summed E-state index contributed by atoms with van der Waals surface area (Å²) in [5.74, 6) is 1.02. The van der Waals surface area contributed by atoms with Crippen LogP contribution in [0.25, 0.3) is 0 Å². The molecule has 0 fully saturated rings. The average Bonchev–Trinajstić information content (AvgIpc) is 2.69. The van der Waals surface area contributed by atoms with Crippen LogP contribution in [0.4, 0.5) is 5.69 Å². The zero-order valence-electron chi connectivity index (χ0n) is 16.0. The van der Waals surface area contributed by atoms with Crippen LogP contribution in [-0.2, 0) is 6.61 Å². The van der Waals surface area contributed by atoms with Gasteiger partial charge in [-0.25, -0.2) is 0 Å². The van der Waals surface area contributed by atoms with Gasteiger partial charge in [0.15, 0.2) is 11.5 Å². The third kappa shape index (κ3) is 4.67. The summed E-state index contributed by atoms with van der Waals surface area (Å²) in [4.78, 5) is 4.59. The van der Waals surface area contributed by atoms with Crippen molar-refractivity contribution < 1.29 is 9.47 Å². The smallest absolute Gasteiger partial charge is 0.180 e. The van der Waals surface area contributed by atoms with Crippen molar-refractivity contribution in [3.05, 3.63) is 86.9 Å². The van der Waals surface area contributed by atoms with Gasteiger partial charge in [0.05, 0.1) is 17.8 Å². The van der Waals surface area contributed by atoms with Gasteiger partial charge in [0.2, 0.25) is 0 Å². The van der Waals surface area contributed by atoms with Crippen LogP contribution in [0.1, 0.15) is 22.3 Å². The first-order chi connectivity index (χ1) is 13.5. The van der Waals surface area contributed by atoms with Crippen molar-refractivity contribution in [1.29, 1.82) is 0 Å². The Hall–Kier alpha value is -2.49. The number of methoxy groups -OCH3 is 1. The lowest BCUT2D eigenvalue weighted by molar-refractivity contribution is 0.285. The highest BCUT2D eigenvalue weighted by Gasteiger charge is 2.13. The maximum Gasteiger partial charge on any atom is 0.180 e. The Kier molecular flexibility index (Phi) is 6.61. The molecule has 0 saturated carbocycles. The molecule has 0 aliphatic carbocycles. The van der Waals surface area contributed by atoms with Crippen LogP contribution in [0.15, 0.2) is 59.6 Å². The van der Waals surface area contributed by atoms with Crippen molar-refractivity contribution in [2.24, 2.45) is 4.99 Å². The maximum atomic E-state index is 6.46. The number of benzene rings is 3. The molecule has 3 aromatic carbocycles. The van der Waals surface area contributed by atoms with E-state index in [1.807, 2.05) is 42.5 Å². The summed E-state index contributed by atoms with van der Waals surface area (Å²) in [5.41, 5.74) is 4.98. The molecule has 0 bridgehead atoms. The van der Waals surface area contributed by atoms with Gasteiger partial charge < -0.3 is 9.47 Å². The van der Waals surface area contributed by atoms with Crippen LogP contribution in [-0.4, -0.2) is 13.3 Å². The highest BCUT2D eigenvalue weighted by molar-refractivity contribution is 6.32. The molecule has 28 heavy (non-hydrogen) atoms. The second-order valence-electron chi connectivity index (χ2n) is 6.39. The SMILES string of the molecule is COc1cc(C=Nc2cccc(C)c2C)cc(Cl)c1OCc1ccccc1Cl. The van der Waals surface area contributed by atoms with E-state index in [2.05, 4.69) is 24.9 Å². The summed E-state index contributed by atoms with van der Waals surface area (Å²) >= 11 is 12.6. The number of aliphatic imine (C=N–C) groups is 1. The van der Waals surface area contributed by atoms with Gasteiger partial charge in [-0.2, -0.15) is 0 Å². The van der Waals surface area contributed by atoms with Gasteiger partial charge in [-0.1, -0.05) is 53.5 Å². The normalized spacial score (nSPS) is 11.0. The summed E-state index contributed by atoms with van der Waals surface area (Å²) in [7, 11) is 1.58. The highest BCUT2D eigenvalue weighted by atomic mass is 35.5. The number of nitrogens with zero attached hydrogens (tertiary/aromatic N) is 1. The number of ether oxygens (including phenoxy) is 2. The van der Waals surface area contributed by atoms with E-state index in [1.165, 1.54) is 5.56 Å². The van der Waals surface area contributed by atoms with Gasteiger partial charge in [-0.05, 0) is 54.8 Å². The summed E-state index contributed by atoms with van der Waals surface area (Å²) in [6.07, 6.45) is 1.77. The molecule has 0 N–H and O–H groups in total. The number of hydrogen-bond donors (Lipinski definition) is 0. The van der Waals surface area contributed by atoms with E-state index in [0.717, 1.165) is 22.4 Å². The summed E-state index contributed by atoms with van der Waals surface area (Å²) < 4.78 is 11.4. The fourth-order valence-electron chi connectivity index (χ4n) is 2.74. The molecule has 0 atom stereocenters. The van der Waals surface area contributed by atoms with Crippen LogP contribution < -0.4 is 9.47 Å².